The van der Waals surface area contributed by atoms with Gasteiger partial charge in [0.05, 0.1) is 0 Å². The molecule has 0 aromatic heterocycles. The highest BCUT2D eigenvalue weighted by molar-refractivity contribution is 14.1. The van der Waals surface area contributed by atoms with Crippen LogP contribution in [0, 0.1) is 3.57 Å². The normalized spacial score (nSPS) is 9.21. The molecule has 1 aromatic rings. The van der Waals surface area contributed by atoms with E-state index in [9.17, 15) is 4.79 Å². The van der Waals surface area contributed by atoms with E-state index in [1.165, 1.54) is 0 Å². The molecule has 14 heavy (non-hydrogen) atoms. The van der Waals surface area contributed by atoms with Gasteiger partial charge in [-0.3, -0.25) is 4.79 Å². The van der Waals surface area contributed by atoms with E-state index in [0.717, 1.165) is 3.57 Å². The van der Waals surface area contributed by atoms with Crippen LogP contribution in [0.3, 0.4) is 0 Å². The first-order chi connectivity index (χ1) is 6.75. The smallest absolute Gasteiger partial charge is 0.164 e. The fourth-order valence-electron chi connectivity index (χ4n) is 1.02. The summed E-state index contributed by atoms with van der Waals surface area (Å²) >= 11 is 2.11. The number of rotatable bonds is 4. The van der Waals surface area contributed by atoms with Gasteiger partial charge >= 0.3 is 0 Å². The van der Waals surface area contributed by atoms with Crippen LogP contribution in [0.5, 0.6) is 0 Å². The number of Topliss-reactive ketones (excluding diaryl/α,β-unsaturated/α-hetero) is 1. The summed E-state index contributed by atoms with van der Waals surface area (Å²) in [6, 6.07) is 7.36. The summed E-state index contributed by atoms with van der Waals surface area (Å²) in [5.41, 5.74) is 8.75. The van der Waals surface area contributed by atoms with Gasteiger partial charge in [-0.1, -0.05) is 23.3 Å². The first kappa shape index (κ1) is 11.0. The predicted octanol–water partition coefficient (Wildman–Crippen LogP) is 3.17. The molecule has 0 saturated heterocycles. The molecule has 0 spiro atoms. The molecule has 0 aliphatic carbocycles. The van der Waals surface area contributed by atoms with Gasteiger partial charge in [0.15, 0.2) is 5.78 Å². The van der Waals surface area contributed by atoms with E-state index in [4.69, 9.17) is 5.53 Å². The fourth-order valence-corrected chi connectivity index (χ4v) is 1.71. The lowest BCUT2D eigenvalue weighted by molar-refractivity contribution is 0.0984. The van der Waals surface area contributed by atoms with E-state index < -0.39 is 0 Å². The van der Waals surface area contributed by atoms with Crippen molar-refractivity contribution in [3.8, 4) is 0 Å². The predicted molar refractivity (Wildman–Crippen MR) is 62.1 cm³/mol. The maximum Gasteiger partial charge on any atom is 0.164 e. The van der Waals surface area contributed by atoms with E-state index in [1.54, 1.807) is 6.07 Å². The number of hydrogen-bond acceptors (Lipinski definition) is 2. The van der Waals surface area contributed by atoms with E-state index in [1.807, 2.05) is 18.2 Å². The number of benzene rings is 1. The summed E-state index contributed by atoms with van der Waals surface area (Å²) in [6.45, 7) is 0.223. The highest BCUT2D eigenvalue weighted by atomic mass is 127. The van der Waals surface area contributed by atoms with Crippen molar-refractivity contribution >= 4 is 28.4 Å². The largest absolute Gasteiger partial charge is 0.294 e. The third-order valence-electron chi connectivity index (χ3n) is 1.68. The van der Waals surface area contributed by atoms with Crippen LogP contribution < -0.4 is 0 Å². The lowest BCUT2D eigenvalue weighted by atomic mass is 10.1. The second-order valence-electron chi connectivity index (χ2n) is 2.61. The fraction of sp³-hybridized carbons (Fsp3) is 0.222. The van der Waals surface area contributed by atoms with Crippen molar-refractivity contribution in [3.63, 3.8) is 0 Å². The van der Waals surface area contributed by atoms with Crippen LogP contribution in [0.15, 0.2) is 29.4 Å². The van der Waals surface area contributed by atoms with Crippen LogP contribution in [0.2, 0.25) is 0 Å². The van der Waals surface area contributed by atoms with E-state index in [-0.39, 0.29) is 18.7 Å². The molecule has 72 valence electrons. The average Bonchev–Trinajstić information content (AvgIpc) is 2.18. The molecule has 5 heteroatoms. The second kappa shape index (κ2) is 5.62. The van der Waals surface area contributed by atoms with Gasteiger partial charge in [-0.15, -0.1) is 0 Å². The zero-order valence-corrected chi connectivity index (χ0v) is 9.51. The highest BCUT2D eigenvalue weighted by Crippen LogP contribution is 2.13. The molecule has 0 N–H and O–H groups in total. The average molecular weight is 301 g/mol. The third kappa shape index (κ3) is 3.01. The summed E-state index contributed by atoms with van der Waals surface area (Å²) in [5, 5.41) is 3.32. The topological polar surface area (TPSA) is 65.8 Å². The minimum Gasteiger partial charge on any atom is -0.294 e. The summed E-state index contributed by atoms with van der Waals surface area (Å²) in [5.74, 6) is 0.0161. The zero-order valence-electron chi connectivity index (χ0n) is 7.35. The van der Waals surface area contributed by atoms with Crippen LogP contribution >= 0.6 is 22.6 Å². The maximum atomic E-state index is 11.6. The molecule has 0 bridgehead atoms. The van der Waals surface area contributed by atoms with Crippen molar-refractivity contribution in [1.82, 2.24) is 0 Å². The first-order valence-corrected chi connectivity index (χ1v) is 5.12. The quantitative estimate of drug-likeness (QED) is 0.277. The van der Waals surface area contributed by atoms with Gasteiger partial charge in [-0.2, -0.15) is 0 Å². The van der Waals surface area contributed by atoms with Crippen molar-refractivity contribution in [2.45, 2.75) is 6.42 Å². The molecule has 0 fully saturated rings. The minimum absolute atomic E-state index is 0.0161. The number of hydrogen-bond donors (Lipinski definition) is 0. The Morgan fingerprint density at radius 1 is 1.50 bits per heavy atom. The molecule has 0 saturated carbocycles. The van der Waals surface area contributed by atoms with Crippen LogP contribution in [-0.4, -0.2) is 12.3 Å². The molecule has 0 aliphatic heterocycles. The molecule has 1 rings (SSSR count). The van der Waals surface area contributed by atoms with Gasteiger partial charge < -0.3 is 0 Å². The van der Waals surface area contributed by atoms with Crippen molar-refractivity contribution in [3.05, 3.63) is 43.8 Å². The van der Waals surface area contributed by atoms with Gasteiger partial charge in [-0.05, 0) is 34.2 Å². The summed E-state index contributed by atoms with van der Waals surface area (Å²) in [7, 11) is 0. The molecule has 0 amide bonds. The van der Waals surface area contributed by atoms with Gasteiger partial charge in [0.2, 0.25) is 0 Å². The molecule has 0 aliphatic rings. The van der Waals surface area contributed by atoms with Crippen LogP contribution in [0.1, 0.15) is 16.8 Å². The zero-order chi connectivity index (χ0) is 10.4. The Balaban J connectivity index is 2.70. The SMILES string of the molecule is [N-]=[N+]=NCCC(=O)c1ccccc1I. The van der Waals surface area contributed by atoms with E-state index in [2.05, 4.69) is 32.6 Å². The molecule has 4 nitrogen and oxygen atoms in total. The Morgan fingerprint density at radius 3 is 2.86 bits per heavy atom. The van der Waals surface area contributed by atoms with Crippen molar-refractivity contribution in [1.29, 1.82) is 0 Å². The van der Waals surface area contributed by atoms with Crippen LogP contribution in [0.25, 0.3) is 10.4 Å². The third-order valence-corrected chi connectivity index (χ3v) is 2.62. The van der Waals surface area contributed by atoms with Gasteiger partial charge in [-0.25, -0.2) is 0 Å². The standard InChI is InChI=1S/C9H8IN3O/c10-8-4-2-1-3-7(8)9(14)5-6-12-13-11/h1-4H,5-6H2. The first-order valence-electron chi connectivity index (χ1n) is 4.04. The molecule has 0 atom stereocenters. The lowest BCUT2D eigenvalue weighted by Crippen LogP contribution is -2.02. The Hall–Kier alpha value is -1.07. The molecule has 0 heterocycles. The summed E-state index contributed by atoms with van der Waals surface area (Å²) in [6.07, 6.45) is 0.268. The van der Waals surface area contributed by atoms with Gasteiger partial charge in [0.1, 0.15) is 0 Å². The molecule has 0 radical (unpaired) electrons. The Morgan fingerprint density at radius 2 is 2.21 bits per heavy atom. The Kier molecular flexibility index (Phi) is 4.42. The molecular weight excluding hydrogens is 293 g/mol. The number of halogens is 1. The monoisotopic (exact) mass is 301 g/mol. The number of azide groups is 1. The van der Waals surface area contributed by atoms with Crippen molar-refractivity contribution < 1.29 is 4.79 Å². The highest BCUT2D eigenvalue weighted by Gasteiger charge is 2.07. The van der Waals surface area contributed by atoms with E-state index >= 15 is 0 Å². The number of ketones is 1. The lowest BCUT2D eigenvalue weighted by Gasteiger charge is -2.00. The van der Waals surface area contributed by atoms with Gasteiger partial charge in [0.25, 0.3) is 0 Å². The van der Waals surface area contributed by atoms with Crippen LogP contribution in [0.4, 0.5) is 0 Å². The van der Waals surface area contributed by atoms with Crippen molar-refractivity contribution in [2.24, 2.45) is 5.11 Å². The number of carbonyl (C=O) groups is 1. The van der Waals surface area contributed by atoms with Crippen LogP contribution in [-0.2, 0) is 0 Å². The maximum absolute atomic E-state index is 11.6. The van der Waals surface area contributed by atoms with Crippen molar-refractivity contribution in [2.75, 3.05) is 6.54 Å². The number of carbonyl (C=O) groups excluding carboxylic acids is 1. The second-order valence-corrected chi connectivity index (χ2v) is 3.77. The minimum atomic E-state index is 0.0161. The van der Waals surface area contributed by atoms with Gasteiger partial charge in [0, 0.05) is 27.0 Å². The molecule has 1 aromatic carbocycles. The Labute approximate surface area is 95.1 Å². The molecule has 0 unspecified atom stereocenters. The van der Waals surface area contributed by atoms with E-state index in [0.29, 0.717) is 5.56 Å². The molecular formula is C9H8IN3O. The number of nitrogens with zero attached hydrogens (tertiary/aromatic N) is 3. The summed E-state index contributed by atoms with van der Waals surface area (Å²) < 4.78 is 0.927. The Bertz CT molecular complexity index is 385. The summed E-state index contributed by atoms with van der Waals surface area (Å²) in [4.78, 5) is 14.1.